The summed E-state index contributed by atoms with van der Waals surface area (Å²) in [4.78, 5) is 10.5. The van der Waals surface area contributed by atoms with Gasteiger partial charge in [-0.15, -0.1) is 0 Å². The number of phenolic OH excluding ortho intramolecular Hbond substituents is 1. The van der Waals surface area contributed by atoms with Gasteiger partial charge in [0.05, 0.1) is 0 Å². The first kappa shape index (κ1) is 14.0. The third-order valence-corrected chi connectivity index (χ3v) is 1.61. The van der Waals surface area contributed by atoms with E-state index in [1.54, 1.807) is 18.2 Å². The molecule has 0 aliphatic heterocycles. The molecule has 70 valence electrons. The van der Waals surface area contributed by atoms with Crippen molar-refractivity contribution in [3.05, 3.63) is 35.4 Å². The molecule has 0 atom stereocenters. The van der Waals surface area contributed by atoms with Gasteiger partial charge in [-0.1, -0.05) is 12.1 Å². The molecule has 0 spiro atoms. The predicted octanol–water partition coefficient (Wildman–Crippen LogP) is 1.23. The van der Waals surface area contributed by atoms with E-state index in [9.17, 15) is 4.79 Å². The Morgan fingerprint density at radius 1 is 1.29 bits per heavy atom. The Kier molecular flexibility index (Phi) is 6.52. The van der Waals surface area contributed by atoms with Crippen LogP contribution in [0, 0.1) is 0 Å². The standard InChI is InChI=1S/C10H10O3.Rb.H/c1-7(10(12)13)6-8-2-4-9(11)5-3-8;;/h2-6,11H,1H3,(H,12,13);;. The van der Waals surface area contributed by atoms with Crippen molar-refractivity contribution >= 4 is 70.2 Å². The SMILES string of the molecule is CC(=Cc1ccc(O)cc1)C(=O)O.[RbH]. The van der Waals surface area contributed by atoms with Crippen molar-refractivity contribution in [1.29, 1.82) is 0 Å². The Morgan fingerprint density at radius 3 is 2.21 bits per heavy atom. The molecule has 0 radical (unpaired) electrons. The van der Waals surface area contributed by atoms with Gasteiger partial charge in [-0.2, -0.15) is 0 Å². The zero-order valence-electron chi connectivity index (χ0n) is 7.19. The molecule has 0 aliphatic rings. The predicted molar refractivity (Wildman–Crippen MR) is 56.5 cm³/mol. The van der Waals surface area contributed by atoms with E-state index in [0.29, 0.717) is 0 Å². The van der Waals surface area contributed by atoms with Crippen molar-refractivity contribution < 1.29 is 15.0 Å². The Morgan fingerprint density at radius 2 is 1.79 bits per heavy atom. The van der Waals surface area contributed by atoms with Crippen LogP contribution in [0.4, 0.5) is 0 Å². The molecule has 0 aliphatic carbocycles. The summed E-state index contributed by atoms with van der Waals surface area (Å²) in [5.41, 5.74) is 1.03. The summed E-state index contributed by atoms with van der Waals surface area (Å²) >= 11 is 0. The van der Waals surface area contributed by atoms with E-state index in [1.807, 2.05) is 0 Å². The van der Waals surface area contributed by atoms with Crippen LogP contribution < -0.4 is 0 Å². The third-order valence-electron chi connectivity index (χ3n) is 1.61. The fraction of sp³-hybridized carbons (Fsp3) is 0.100. The van der Waals surface area contributed by atoms with Gasteiger partial charge in [0.25, 0.3) is 0 Å². The van der Waals surface area contributed by atoms with Crippen LogP contribution >= 0.6 is 0 Å². The molecule has 0 amide bonds. The van der Waals surface area contributed by atoms with Crippen molar-refractivity contribution in [3.8, 4) is 5.75 Å². The van der Waals surface area contributed by atoms with Crippen LogP contribution in [0.3, 0.4) is 0 Å². The van der Waals surface area contributed by atoms with Crippen LogP contribution in [0.25, 0.3) is 6.08 Å². The van der Waals surface area contributed by atoms with E-state index >= 15 is 0 Å². The minimum atomic E-state index is -0.937. The number of phenols is 1. The number of carbonyl (C=O) groups is 1. The summed E-state index contributed by atoms with van der Waals surface area (Å²) in [6, 6.07) is 6.34. The van der Waals surface area contributed by atoms with Crippen molar-refractivity contribution in [1.82, 2.24) is 0 Å². The molecule has 1 aromatic carbocycles. The van der Waals surface area contributed by atoms with Gasteiger partial charge in [-0.05, 0) is 30.7 Å². The second kappa shape index (κ2) is 6.51. The summed E-state index contributed by atoms with van der Waals surface area (Å²) in [5.74, 6) is -0.766. The summed E-state index contributed by atoms with van der Waals surface area (Å²) in [5, 5.41) is 17.5. The molecule has 14 heavy (non-hydrogen) atoms. The number of hydrogen-bond acceptors (Lipinski definition) is 2. The van der Waals surface area contributed by atoms with Crippen LogP contribution in [0.2, 0.25) is 0 Å². The molecule has 0 saturated carbocycles. The van der Waals surface area contributed by atoms with Gasteiger partial charge in [0, 0.05) is 5.57 Å². The van der Waals surface area contributed by atoms with E-state index in [2.05, 4.69) is 0 Å². The van der Waals surface area contributed by atoms with Crippen LogP contribution in [-0.4, -0.2) is 74.4 Å². The van der Waals surface area contributed by atoms with Crippen molar-refractivity contribution in [2.45, 2.75) is 6.92 Å². The quantitative estimate of drug-likeness (QED) is 0.790. The zero-order chi connectivity index (χ0) is 9.84. The number of aliphatic carboxylic acids is 1. The average molecular weight is 265 g/mol. The van der Waals surface area contributed by atoms with Crippen LogP contribution in [0.1, 0.15) is 12.5 Å². The van der Waals surface area contributed by atoms with Gasteiger partial charge in [0.15, 0.2) is 0 Å². The first-order valence-electron chi connectivity index (χ1n) is 3.80. The second-order valence-corrected chi connectivity index (χ2v) is 2.72. The summed E-state index contributed by atoms with van der Waals surface area (Å²) in [7, 11) is 0. The van der Waals surface area contributed by atoms with Gasteiger partial charge in [0.2, 0.25) is 0 Å². The van der Waals surface area contributed by atoms with Gasteiger partial charge in [-0.25, -0.2) is 4.79 Å². The average Bonchev–Trinajstić information content (AvgIpc) is 2.08. The molecule has 2 N–H and O–H groups in total. The molecule has 1 aromatic rings. The number of carboxylic acids is 1. The molecule has 0 fully saturated rings. The Hall–Kier alpha value is 0.0352. The van der Waals surface area contributed by atoms with E-state index in [4.69, 9.17) is 10.2 Å². The van der Waals surface area contributed by atoms with Gasteiger partial charge in [-0.3, -0.25) is 0 Å². The van der Waals surface area contributed by atoms with E-state index in [1.165, 1.54) is 19.1 Å². The van der Waals surface area contributed by atoms with Gasteiger partial charge in [0.1, 0.15) is 5.75 Å². The normalized spacial score (nSPS) is 10.5. The third kappa shape index (κ3) is 4.51. The number of benzene rings is 1. The molecule has 0 bridgehead atoms. The monoisotopic (exact) mass is 264 g/mol. The Labute approximate surface area is 131 Å². The fourth-order valence-corrected chi connectivity index (χ4v) is 0.882. The van der Waals surface area contributed by atoms with Crippen molar-refractivity contribution in [2.24, 2.45) is 0 Å². The molecule has 0 saturated heterocycles. The van der Waals surface area contributed by atoms with Crippen LogP contribution in [0.15, 0.2) is 29.8 Å². The van der Waals surface area contributed by atoms with Crippen molar-refractivity contribution in [2.75, 3.05) is 0 Å². The van der Waals surface area contributed by atoms with Crippen molar-refractivity contribution in [3.63, 3.8) is 0 Å². The van der Waals surface area contributed by atoms with Gasteiger partial charge >= 0.3 is 64.2 Å². The summed E-state index contributed by atoms with van der Waals surface area (Å²) < 4.78 is 0. The maximum absolute atomic E-state index is 10.5. The molecular formula is C10H11O3Rb. The minimum absolute atomic E-state index is 0. The number of hydrogen-bond donors (Lipinski definition) is 2. The molecule has 3 nitrogen and oxygen atoms in total. The first-order valence-corrected chi connectivity index (χ1v) is 3.80. The molecule has 4 heteroatoms. The number of aromatic hydroxyl groups is 1. The van der Waals surface area contributed by atoms with Gasteiger partial charge < -0.3 is 10.2 Å². The first-order chi connectivity index (χ1) is 6.09. The van der Waals surface area contributed by atoms with Crippen LogP contribution in [-0.2, 0) is 4.79 Å². The molecular weight excluding hydrogens is 254 g/mol. The zero-order valence-corrected chi connectivity index (χ0v) is 7.19. The van der Waals surface area contributed by atoms with E-state index < -0.39 is 5.97 Å². The second-order valence-electron chi connectivity index (χ2n) is 2.72. The molecule has 0 aromatic heterocycles. The Bertz CT molecular complexity index is 341. The maximum atomic E-state index is 10.5. The molecule has 0 heterocycles. The van der Waals surface area contributed by atoms with E-state index in [-0.39, 0.29) is 69.5 Å². The molecule has 0 unspecified atom stereocenters. The van der Waals surface area contributed by atoms with E-state index in [0.717, 1.165) is 5.56 Å². The fourth-order valence-electron chi connectivity index (χ4n) is 0.882. The summed E-state index contributed by atoms with van der Waals surface area (Å²) in [6.07, 6.45) is 1.54. The Balaban J connectivity index is 0.00000169. The van der Waals surface area contributed by atoms with Crippen LogP contribution in [0.5, 0.6) is 5.75 Å². The molecule has 1 rings (SSSR count). The number of rotatable bonds is 2. The number of carboxylic acid groups (broad SMARTS) is 1. The summed E-state index contributed by atoms with van der Waals surface area (Å²) in [6.45, 7) is 1.52. The topological polar surface area (TPSA) is 57.5 Å².